The fourth-order valence-electron chi connectivity index (χ4n) is 3.89. The Morgan fingerprint density at radius 2 is 1.82 bits per heavy atom. The first-order valence-electron chi connectivity index (χ1n) is 7.84. The molecule has 2 fully saturated rings. The van der Waals surface area contributed by atoms with Crippen LogP contribution in [0.15, 0.2) is 30.3 Å². The number of ether oxygens (including phenoxy) is 1. The third-order valence-electron chi connectivity index (χ3n) is 6.10. The van der Waals surface area contributed by atoms with Crippen molar-refractivity contribution in [2.75, 3.05) is 0 Å². The molecule has 1 amide bonds. The van der Waals surface area contributed by atoms with E-state index in [-0.39, 0.29) is 17.9 Å². The van der Waals surface area contributed by atoms with E-state index in [9.17, 15) is 9.59 Å². The summed E-state index contributed by atoms with van der Waals surface area (Å²) >= 11 is 0. The molecule has 1 aliphatic heterocycles. The van der Waals surface area contributed by atoms with Gasteiger partial charge in [0.2, 0.25) is 0 Å². The van der Waals surface area contributed by atoms with Crippen molar-refractivity contribution < 1.29 is 14.3 Å². The summed E-state index contributed by atoms with van der Waals surface area (Å²) in [6.07, 6.45) is 1.29. The molecular formula is C18H23NO3. The monoisotopic (exact) mass is 301 g/mol. The summed E-state index contributed by atoms with van der Waals surface area (Å²) in [5, 5.41) is 3.03. The van der Waals surface area contributed by atoms with Crippen LogP contribution in [0, 0.1) is 10.8 Å². The molecule has 1 aliphatic carbocycles. The molecule has 118 valence electrons. The molecule has 1 aromatic carbocycles. The van der Waals surface area contributed by atoms with Crippen LogP contribution >= 0.6 is 0 Å². The average Bonchev–Trinajstić information content (AvgIpc) is 2.78. The molecule has 2 bridgehead atoms. The van der Waals surface area contributed by atoms with Crippen LogP contribution < -0.4 is 5.32 Å². The van der Waals surface area contributed by atoms with E-state index in [1.54, 1.807) is 0 Å². The number of hydrogen-bond donors (Lipinski definition) is 1. The maximum absolute atomic E-state index is 12.9. The maximum atomic E-state index is 12.9. The van der Waals surface area contributed by atoms with E-state index in [1.807, 2.05) is 58.0 Å². The number of esters is 1. The molecule has 0 aromatic heterocycles. The molecule has 0 radical (unpaired) electrons. The largest absolute Gasteiger partial charge is 0.448 e. The fraction of sp³-hybridized carbons (Fsp3) is 0.556. The van der Waals surface area contributed by atoms with Gasteiger partial charge in [0.25, 0.3) is 5.91 Å². The Balaban J connectivity index is 1.85. The van der Waals surface area contributed by atoms with Gasteiger partial charge in [-0.15, -0.1) is 0 Å². The first-order valence-corrected chi connectivity index (χ1v) is 7.84. The molecular weight excluding hydrogens is 278 g/mol. The maximum Gasteiger partial charge on any atom is 0.313 e. The van der Waals surface area contributed by atoms with Crippen molar-refractivity contribution in [3.8, 4) is 0 Å². The van der Waals surface area contributed by atoms with Crippen molar-refractivity contribution in [3.63, 3.8) is 0 Å². The Kier molecular flexibility index (Phi) is 3.13. The lowest BCUT2D eigenvalue weighted by Crippen LogP contribution is -2.53. The lowest BCUT2D eigenvalue weighted by Gasteiger charge is -2.36. The first kappa shape index (κ1) is 15.1. The second kappa shape index (κ2) is 4.58. The molecule has 1 saturated carbocycles. The SMILES string of the molecule is C[C@@H](NC(=O)[C@@]12CC[C@@](C)(C(=O)O1)C2(C)C)c1ccccc1. The quantitative estimate of drug-likeness (QED) is 0.873. The second-order valence-electron chi connectivity index (χ2n) is 7.28. The smallest absolute Gasteiger partial charge is 0.313 e. The zero-order valence-electron chi connectivity index (χ0n) is 13.6. The number of nitrogens with one attached hydrogen (secondary N) is 1. The third kappa shape index (κ3) is 1.70. The van der Waals surface area contributed by atoms with E-state index in [0.717, 1.165) is 5.56 Å². The minimum atomic E-state index is -1.04. The van der Waals surface area contributed by atoms with Gasteiger partial charge in [0, 0.05) is 5.41 Å². The van der Waals surface area contributed by atoms with Crippen LogP contribution in [0.3, 0.4) is 0 Å². The molecule has 3 rings (SSSR count). The number of carbonyl (C=O) groups is 2. The molecule has 0 spiro atoms. The number of rotatable bonds is 3. The molecule has 4 heteroatoms. The summed E-state index contributed by atoms with van der Waals surface area (Å²) in [5.74, 6) is -0.422. The average molecular weight is 301 g/mol. The highest BCUT2D eigenvalue weighted by Crippen LogP contribution is 2.65. The van der Waals surface area contributed by atoms with Gasteiger partial charge < -0.3 is 10.1 Å². The summed E-state index contributed by atoms with van der Waals surface area (Å²) < 4.78 is 5.61. The fourth-order valence-corrected chi connectivity index (χ4v) is 3.89. The number of carbonyl (C=O) groups excluding carboxylic acids is 2. The highest BCUT2D eigenvalue weighted by molar-refractivity contribution is 5.96. The van der Waals surface area contributed by atoms with Crippen molar-refractivity contribution in [1.29, 1.82) is 0 Å². The van der Waals surface area contributed by atoms with Crippen molar-refractivity contribution in [2.24, 2.45) is 10.8 Å². The van der Waals surface area contributed by atoms with Crippen LogP contribution in [0.5, 0.6) is 0 Å². The predicted molar refractivity (Wildman–Crippen MR) is 82.9 cm³/mol. The molecule has 2 aliphatic rings. The van der Waals surface area contributed by atoms with Gasteiger partial charge in [-0.05, 0) is 32.3 Å². The molecule has 3 atom stereocenters. The predicted octanol–water partition coefficient (Wildman–Crippen LogP) is 2.99. The topological polar surface area (TPSA) is 55.4 Å². The van der Waals surface area contributed by atoms with Gasteiger partial charge in [-0.25, -0.2) is 0 Å². The highest BCUT2D eigenvalue weighted by Gasteiger charge is 2.75. The number of fused-ring (bicyclic) bond motifs is 2. The van der Waals surface area contributed by atoms with E-state index in [0.29, 0.717) is 12.8 Å². The summed E-state index contributed by atoms with van der Waals surface area (Å²) in [6.45, 7) is 7.80. The van der Waals surface area contributed by atoms with Crippen LogP contribution in [-0.4, -0.2) is 17.5 Å². The Morgan fingerprint density at radius 1 is 1.18 bits per heavy atom. The number of hydrogen-bond acceptors (Lipinski definition) is 3. The van der Waals surface area contributed by atoms with Gasteiger partial charge in [-0.1, -0.05) is 44.2 Å². The Hall–Kier alpha value is -1.84. The molecule has 4 nitrogen and oxygen atoms in total. The second-order valence-corrected chi connectivity index (χ2v) is 7.28. The van der Waals surface area contributed by atoms with E-state index in [1.165, 1.54) is 0 Å². The van der Waals surface area contributed by atoms with Crippen LogP contribution in [0.25, 0.3) is 0 Å². The van der Waals surface area contributed by atoms with Crippen LogP contribution in [0.2, 0.25) is 0 Å². The van der Waals surface area contributed by atoms with E-state index < -0.39 is 16.4 Å². The van der Waals surface area contributed by atoms with Crippen LogP contribution in [0.4, 0.5) is 0 Å². The van der Waals surface area contributed by atoms with Crippen molar-refractivity contribution in [3.05, 3.63) is 35.9 Å². The summed E-state index contributed by atoms with van der Waals surface area (Å²) in [5.41, 5.74) is -1.07. The summed E-state index contributed by atoms with van der Waals surface area (Å²) in [4.78, 5) is 25.2. The van der Waals surface area contributed by atoms with Crippen LogP contribution in [-0.2, 0) is 14.3 Å². The number of amides is 1. The van der Waals surface area contributed by atoms with Crippen LogP contribution in [0.1, 0.15) is 52.1 Å². The van der Waals surface area contributed by atoms with E-state index in [4.69, 9.17) is 4.74 Å². The van der Waals surface area contributed by atoms with Crippen molar-refractivity contribution in [2.45, 2.75) is 52.2 Å². The molecule has 0 unspecified atom stereocenters. The van der Waals surface area contributed by atoms with Gasteiger partial charge in [-0.3, -0.25) is 9.59 Å². The molecule has 22 heavy (non-hydrogen) atoms. The van der Waals surface area contributed by atoms with Gasteiger partial charge in [0.1, 0.15) is 0 Å². The molecule has 1 N–H and O–H groups in total. The Bertz CT molecular complexity index is 624. The zero-order chi connectivity index (χ0) is 16.2. The summed E-state index contributed by atoms with van der Waals surface area (Å²) in [6, 6.07) is 9.68. The molecule has 1 heterocycles. The summed E-state index contributed by atoms with van der Waals surface area (Å²) in [7, 11) is 0. The minimum absolute atomic E-state index is 0.120. The number of benzene rings is 1. The minimum Gasteiger partial charge on any atom is -0.448 e. The lowest BCUT2D eigenvalue weighted by atomic mass is 9.66. The standard InChI is InChI=1S/C18H23NO3/c1-12(13-8-6-5-7-9-13)19-14(20)18-11-10-17(4,15(21)22-18)16(18,2)3/h5-9,12H,10-11H2,1-4H3,(H,19,20)/t12-,17+,18-/m1/s1. The normalized spacial score (nSPS) is 33.4. The molecule has 1 aromatic rings. The van der Waals surface area contributed by atoms with Gasteiger partial charge in [0.05, 0.1) is 11.5 Å². The van der Waals surface area contributed by atoms with E-state index in [2.05, 4.69) is 5.32 Å². The van der Waals surface area contributed by atoms with Gasteiger partial charge in [0.15, 0.2) is 5.60 Å². The Labute approximate surface area is 131 Å². The first-order chi connectivity index (χ1) is 10.2. The van der Waals surface area contributed by atoms with E-state index >= 15 is 0 Å². The van der Waals surface area contributed by atoms with Gasteiger partial charge >= 0.3 is 5.97 Å². The third-order valence-corrected chi connectivity index (χ3v) is 6.10. The van der Waals surface area contributed by atoms with Crippen molar-refractivity contribution in [1.82, 2.24) is 5.32 Å². The zero-order valence-corrected chi connectivity index (χ0v) is 13.6. The molecule has 1 saturated heterocycles. The Morgan fingerprint density at radius 3 is 2.32 bits per heavy atom. The van der Waals surface area contributed by atoms with Gasteiger partial charge in [-0.2, -0.15) is 0 Å². The van der Waals surface area contributed by atoms with Crippen molar-refractivity contribution >= 4 is 11.9 Å². The highest BCUT2D eigenvalue weighted by atomic mass is 16.6. The lowest BCUT2D eigenvalue weighted by molar-refractivity contribution is -0.168.